The SMILES string of the molecule is CCCCCCC(O)NCCCC/C=C\CCCCCCC(=O)O. The highest BCUT2D eigenvalue weighted by Crippen LogP contribution is 2.07. The van der Waals surface area contributed by atoms with Gasteiger partial charge in [0.1, 0.15) is 6.23 Å². The van der Waals surface area contributed by atoms with Gasteiger partial charge in [-0.1, -0.05) is 51.2 Å². The fourth-order valence-corrected chi connectivity index (χ4v) is 2.65. The number of aliphatic hydroxyl groups excluding tert-OH is 1. The van der Waals surface area contributed by atoms with E-state index in [-0.39, 0.29) is 6.23 Å². The van der Waals surface area contributed by atoms with E-state index < -0.39 is 5.97 Å². The summed E-state index contributed by atoms with van der Waals surface area (Å²) in [5.74, 6) is -0.687. The zero-order valence-electron chi connectivity index (χ0n) is 15.6. The van der Waals surface area contributed by atoms with Crippen LogP contribution >= 0.6 is 0 Å². The molecule has 24 heavy (non-hydrogen) atoms. The van der Waals surface area contributed by atoms with Gasteiger partial charge in [-0.05, 0) is 57.9 Å². The first-order valence-corrected chi connectivity index (χ1v) is 9.95. The molecule has 0 aliphatic heterocycles. The van der Waals surface area contributed by atoms with Crippen LogP contribution in [0.2, 0.25) is 0 Å². The van der Waals surface area contributed by atoms with Crippen molar-refractivity contribution in [3.05, 3.63) is 12.2 Å². The van der Waals surface area contributed by atoms with Gasteiger partial charge in [0, 0.05) is 6.42 Å². The van der Waals surface area contributed by atoms with Gasteiger partial charge in [-0.3, -0.25) is 10.1 Å². The van der Waals surface area contributed by atoms with Crippen LogP contribution in [0.25, 0.3) is 0 Å². The normalized spacial score (nSPS) is 12.8. The minimum Gasteiger partial charge on any atom is -0.481 e. The zero-order valence-corrected chi connectivity index (χ0v) is 15.6. The van der Waals surface area contributed by atoms with E-state index in [1.165, 1.54) is 19.3 Å². The summed E-state index contributed by atoms with van der Waals surface area (Å²) in [5.41, 5.74) is 0. The van der Waals surface area contributed by atoms with Crippen LogP contribution in [-0.4, -0.2) is 29.0 Å². The molecule has 0 bridgehead atoms. The number of hydrogen-bond acceptors (Lipinski definition) is 3. The lowest BCUT2D eigenvalue weighted by Crippen LogP contribution is -2.29. The lowest BCUT2D eigenvalue weighted by Gasteiger charge is -2.12. The number of hydrogen-bond donors (Lipinski definition) is 3. The molecule has 1 atom stereocenters. The summed E-state index contributed by atoms with van der Waals surface area (Å²) in [4.78, 5) is 10.4. The molecule has 3 N–H and O–H groups in total. The highest BCUT2D eigenvalue weighted by atomic mass is 16.4. The Morgan fingerprint density at radius 2 is 1.54 bits per heavy atom. The van der Waals surface area contributed by atoms with Crippen LogP contribution in [0.4, 0.5) is 0 Å². The Kier molecular flexibility index (Phi) is 17.8. The molecule has 4 heteroatoms. The first-order valence-electron chi connectivity index (χ1n) is 9.95. The Morgan fingerprint density at radius 3 is 2.21 bits per heavy atom. The molecule has 0 radical (unpaired) electrons. The first-order chi connectivity index (χ1) is 11.7. The molecule has 0 aromatic rings. The van der Waals surface area contributed by atoms with Crippen LogP contribution in [0.15, 0.2) is 12.2 Å². The van der Waals surface area contributed by atoms with Crippen molar-refractivity contribution in [2.24, 2.45) is 0 Å². The molecule has 0 saturated heterocycles. The van der Waals surface area contributed by atoms with Gasteiger partial charge in [-0.25, -0.2) is 0 Å². The van der Waals surface area contributed by atoms with E-state index in [1.54, 1.807) is 0 Å². The maximum atomic E-state index is 10.4. The van der Waals surface area contributed by atoms with Gasteiger partial charge in [-0.2, -0.15) is 0 Å². The van der Waals surface area contributed by atoms with Crippen molar-refractivity contribution in [2.45, 2.75) is 103 Å². The largest absolute Gasteiger partial charge is 0.481 e. The van der Waals surface area contributed by atoms with Crippen molar-refractivity contribution < 1.29 is 15.0 Å². The number of allylic oxidation sites excluding steroid dienone is 2. The Morgan fingerprint density at radius 1 is 0.917 bits per heavy atom. The fourth-order valence-electron chi connectivity index (χ4n) is 2.65. The molecule has 0 heterocycles. The van der Waals surface area contributed by atoms with Crippen LogP contribution in [0.3, 0.4) is 0 Å². The average Bonchev–Trinajstić information content (AvgIpc) is 2.55. The summed E-state index contributed by atoms with van der Waals surface area (Å²) in [6.45, 7) is 3.10. The molecular weight excluding hydrogens is 302 g/mol. The summed E-state index contributed by atoms with van der Waals surface area (Å²) in [6, 6.07) is 0. The monoisotopic (exact) mass is 341 g/mol. The molecule has 1 unspecified atom stereocenters. The molecular formula is C20H39NO3. The Labute approximate surface area is 148 Å². The van der Waals surface area contributed by atoms with Gasteiger partial charge in [-0.15, -0.1) is 0 Å². The summed E-state index contributed by atoms with van der Waals surface area (Å²) in [5, 5.41) is 21.5. The first kappa shape index (κ1) is 23.1. The second-order valence-electron chi connectivity index (χ2n) is 6.63. The second kappa shape index (κ2) is 18.5. The number of carbonyl (C=O) groups is 1. The Balaban J connectivity index is 3.21. The van der Waals surface area contributed by atoms with Crippen LogP contribution < -0.4 is 5.32 Å². The molecule has 0 aromatic heterocycles. The van der Waals surface area contributed by atoms with Gasteiger partial charge in [0.15, 0.2) is 0 Å². The van der Waals surface area contributed by atoms with E-state index in [0.29, 0.717) is 6.42 Å². The van der Waals surface area contributed by atoms with E-state index in [2.05, 4.69) is 24.4 Å². The quantitative estimate of drug-likeness (QED) is 0.186. The predicted molar refractivity (Wildman–Crippen MR) is 101 cm³/mol. The number of aliphatic hydroxyl groups is 1. The molecule has 0 fully saturated rings. The van der Waals surface area contributed by atoms with E-state index in [9.17, 15) is 9.90 Å². The molecule has 0 aliphatic carbocycles. The Bertz CT molecular complexity index is 305. The number of aliphatic carboxylic acids is 1. The zero-order chi connectivity index (χ0) is 17.9. The fraction of sp³-hybridized carbons (Fsp3) is 0.850. The van der Waals surface area contributed by atoms with Crippen molar-refractivity contribution >= 4 is 5.97 Å². The van der Waals surface area contributed by atoms with Gasteiger partial charge in [0.25, 0.3) is 0 Å². The van der Waals surface area contributed by atoms with Crippen LogP contribution in [0.5, 0.6) is 0 Å². The van der Waals surface area contributed by atoms with Gasteiger partial charge in [0.05, 0.1) is 0 Å². The van der Waals surface area contributed by atoms with Crippen molar-refractivity contribution in [3.8, 4) is 0 Å². The average molecular weight is 342 g/mol. The number of carboxylic acids is 1. The van der Waals surface area contributed by atoms with Crippen LogP contribution in [-0.2, 0) is 4.79 Å². The van der Waals surface area contributed by atoms with E-state index in [0.717, 1.165) is 70.8 Å². The minimum absolute atomic E-state index is 0.303. The number of rotatable bonds is 18. The third-order valence-corrected chi connectivity index (χ3v) is 4.19. The number of nitrogens with one attached hydrogen (secondary N) is 1. The second-order valence-corrected chi connectivity index (χ2v) is 6.63. The van der Waals surface area contributed by atoms with E-state index >= 15 is 0 Å². The van der Waals surface area contributed by atoms with Gasteiger partial charge < -0.3 is 10.2 Å². The summed E-state index contributed by atoms with van der Waals surface area (Å²) in [7, 11) is 0. The molecule has 4 nitrogen and oxygen atoms in total. The number of carboxylic acid groups (broad SMARTS) is 1. The molecule has 0 aliphatic rings. The van der Waals surface area contributed by atoms with E-state index in [1.807, 2.05) is 0 Å². The molecule has 0 spiro atoms. The van der Waals surface area contributed by atoms with E-state index in [4.69, 9.17) is 5.11 Å². The lowest BCUT2D eigenvalue weighted by molar-refractivity contribution is -0.137. The van der Waals surface area contributed by atoms with Gasteiger partial charge in [0.2, 0.25) is 0 Å². The molecule has 142 valence electrons. The third-order valence-electron chi connectivity index (χ3n) is 4.19. The molecule has 0 aromatic carbocycles. The van der Waals surface area contributed by atoms with Crippen molar-refractivity contribution in [1.82, 2.24) is 5.32 Å². The van der Waals surface area contributed by atoms with Crippen molar-refractivity contribution in [3.63, 3.8) is 0 Å². The van der Waals surface area contributed by atoms with Gasteiger partial charge >= 0.3 is 5.97 Å². The lowest BCUT2D eigenvalue weighted by atomic mass is 10.1. The molecule has 0 rings (SSSR count). The number of unbranched alkanes of at least 4 members (excludes halogenated alkanes) is 9. The maximum absolute atomic E-state index is 10.4. The summed E-state index contributed by atoms with van der Waals surface area (Å²) < 4.78 is 0. The molecule has 0 saturated carbocycles. The predicted octanol–water partition coefficient (Wildman–Crippen LogP) is 5.02. The van der Waals surface area contributed by atoms with Crippen molar-refractivity contribution in [1.29, 1.82) is 0 Å². The highest BCUT2D eigenvalue weighted by molar-refractivity contribution is 5.66. The van der Waals surface area contributed by atoms with Crippen LogP contribution in [0, 0.1) is 0 Å². The Hall–Kier alpha value is -0.870. The van der Waals surface area contributed by atoms with Crippen LogP contribution in [0.1, 0.15) is 96.8 Å². The summed E-state index contributed by atoms with van der Waals surface area (Å²) >= 11 is 0. The minimum atomic E-state index is -0.687. The maximum Gasteiger partial charge on any atom is 0.303 e. The topological polar surface area (TPSA) is 69.6 Å². The molecule has 0 amide bonds. The highest BCUT2D eigenvalue weighted by Gasteiger charge is 2.01. The smallest absolute Gasteiger partial charge is 0.303 e. The van der Waals surface area contributed by atoms with Crippen molar-refractivity contribution in [2.75, 3.05) is 6.54 Å². The summed E-state index contributed by atoms with van der Waals surface area (Å²) in [6.07, 6.45) is 18.7. The standard InChI is InChI=1S/C20H39NO3/c1-2-3-4-13-16-19(22)21-18-15-12-10-8-6-5-7-9-11-14-17-20(23)24/h6,8,19,21-22H,2-5,7,9-18H2,1H3,(H,23,24)/b8-6-. The third kappa shape index (κ3) is 19.2.